The van der Waals surface area contributed by atoms with E-state index in [1.165, 1.54) is 0 Å². The molecule has 0 spiro atoms. The fourth-order valence-corrected chi connectivity index (χ4v) is 1.32. The van der Waals surface area contributed by atoms with Gasteiger partial charge < -0.3 is 10.5 Å². The molecule has 80 valence electrons. The number of aromatic nitrogens is 4. The highest BCUT2D eigenvalue weighted by Crippen LogP contribution is 2.10. The first-order valence-electron chi connectivity index (χ1n) is 4.62. The van der Waals surface area contributed by atoms with Crippen LogP contribution < -0.4 is 5.73 Å². The average molecular weight is 207 g/mol. The van der Waals surface area contributed by atoms with Gasteiger partial charge >= 0.3 is 0 Å². The van der Waals surface area contributed by atoms with Gasteiger partial charge in [0.2, 0.25) is 5.95 Å². The number of nitrogens with two attached hydrogens (primary N) is 1. The number of nitrogens with zero attached hydrogens (tertiary/aromatic N) is 4. The topological polar surface area (TPSA) is 70.9 Å². The summed E-state index contributed by atoms with van der Waals surface area (Å²) in [6.07, 6.45) is 7.10. The Morgan fingerprint density at radius 3 is 3.07 bits per heavy atom. The molecule has 6 nitrogen and oxygen atoms in total. The normalized spacial score (nSPS) is 10.7. The zero-order valence-corrected chi connectivity index (χ0v) is 8.50. The lowest BCUT2D eigenvalue weighted by Crippen LogP contribution is -2.04. The minimum atomic E-state index is 0.460. The Labute approximate surface area is 87.3 Å². The quantitative estimate of drug-likeness (QED) is 0.782. The van der Waals surface area contributed by atoms with E-state index >= 15 is 0 Å². The Bertz CT molecular complexity index is 433. The maximum atomic E-state index is 5.67. The smallest absolute Gasteiger partial charge is 0.204 e. The van der Waals surface area contributed by atoms with Crippen molar-refractivity contribution in [2.24, 2.45) is 0 Å². The third-order valence-corrected chi connectivity index (χ3v) is 2.09. The summed E-state index contributed by atoms with van der Waals surface area (Å²) in [6, 6.07) is 0. The van der Waals surface area contributed by atoms with E-state index in [9.17, 15) is 0 Å². The number of ether oxygens (including phenoxy) is 1. The van der Waals surface area contributed by atoms with Crippen LogP contribution in [0.5, 0.6) is 0 Å². The summed E-state index contributed by atoms with van der Waals surface area (Å²) in [7, 11) is 1.66. The van der Waals surface area contributed by atoms with Gasteiger partial charge in [0, 0.05) is 25.7 Å². The van der Waals surface area contributed by atoms with Crippen molar-refractivity contribution in [3.63, 3.8) is 0 Å². The minimum absolute atomic E-state index is 0.460. The standard InChI is InChI=1S/C9H13N5O/c1-15-5-4-13-7-8(6-12-13)14-3-2-11-9(14)10/h2-3,6-7H,4-5H2,1H3,(H2,10,11). The van der Waals surface area contributed by atoms with Crippen LogP contribution in [0, 0.1) is 0 Å². The molecule has 0 fully saturated rings. The first-order valence-corrected chi connectivity index (χ1v) is 4.62. The number of methoxy groups -OCH3 is 1. The fourth-order valence-electron chi connectivity index (χ4n) is 1.32. The molecular weight excluding hydrogens is 194 g/mol. The molecule has 0 aliphatic heterocycles. The summed E-state index contributed by atoms with van der Waals surface area (Å²) in [5, 5.41) is 4.18. The van der Waals surface area contributed by atoms with Crippen molar-refractivity contribution in [2.75, 3.05) is 19.5 Å². The SMILES string of the molecule is COCCn1cc(-n2ccnc2N)cn1. The van der Waals surface area contributed by atoms with Crippen LogP contribution in [-0.4, -0.2) is 33.0 Å². The number of imidazole rings is 1. The van der Waals surface area contributed by atoms with Gasteiger partial charge in [-0.05, 0) is 0 Å². The molecule has 2 N–H and O–H groups in total. The van der Waals surface area contributed by atoms with Gasteiger partial charge in [-0.3, -0.25) is 9.25 Å². The minimum Gasteiger partial charge on any atom is -0.383 e. The van der Waals surface area contributed by atoms with Crippen LogP contribution in [0.15, 0.2) is 24.8 Å². The van der Waals surface area contributed by atoms with Crippen molar-refractivity contribution in [3.8, 4) is 5.69 Å². The Morgan fingerprint density at radius 1 is 1.53 bits per heavy atom. The molecule has 2 aromatic rings. The highest BCUT2D eigenvalue weighted by Gasteiger charge is 2.03. The molecule has 6 heteroatoms. The molecule has 0 aliphatic rings. The van der Waals surface area contributed by atoms with Crippen LogP contribution in [-0.2, 0) is 11.3 Å². The summed E-state index contributed by atoms with van der Waals surface area (Å²) in [6.45, 7) is 1.37. The van der Waals surface area contributed by atoms with Crippen molar-refractivity contribution in [3.05, 3.63) is 24.8 Å². The number of rotatable bonds is 4. The second kappa shape index (κ2) is 4.14. The summed E-state index contributed by atoms with van der Waals surface area (Å²) in [4.78, 5) is 3.94. The maximum Gasteiger partial charge on any atom is 0.204 e. The molecule has 0 bridgehead atoms. The molecule has 0 atom stereocenters. The molecule has 0 amide bonds. The summed E-state index contributed by atoms with van der Waals surface area (Å²) in [5.41, 5.74) is 6.58. The molecule has 0 aromatic carbocycles. The predicted molar refractivity (Wildman–Crippen MR) is 55.6 cm³/mol. The first kappa shape index (κ1) is 9.72. The van der Waals surface area contributed by atoms with Crippen LogP contribution in [0.25, 0.3) is 5.69 Å². The molecule has 2 aromatic heterocycles. The lowest BCUT2D eigenvalue weighted by Gasteiger charge is -2.00. The van der Waals surface area contributed by atoms with Gasteiger partial charge in [0.1, 0.15) is 0 Å². The Morgan fingerprint density at radius 2 is 2.40 bits per heavy atom. The van der Waals surface area contributed by atoms with Crippen LogP contribution in [0.1, 0.15) is 0 Å². The highest BCUT2D eigenvalue weighted by atomic mass is 16.5. The van der Waals surface area contributed by atoms with Crippen molar-refractivity contribution >= 4 is 5.95 Å². The number of nitrogen functional groups attached to an aromatic ring is 1. The van der Waals surface area contributed by atoms with Crippen molar-refractivity contribution in [2.45, 2.75) is 6.54 Å². The fraction of sp³-hybridized carbons (Fsp3) is 0.333. The summed E-state index contributed by atoms with van der Waals surface area (Å²) in [5.74, 6) is 0.460. The summed E-state index contributed by atoms with van der Waals surface area (Å²) < 4.78 is 8.54. The molecule has 2 heterocycles. The van der Waals surface area contributed by atoms with Gasteiger partial charge in [0.05, 0.1) is 25.0 Å². The predicted octanol–water partition coefficient (Wildman–Crippen LogP) is 0.297. The van der Waals surface area contributed by atoms with Gasteiger partial charge in [0.25, 0.3) is 0 Å². The van der Waals surface area contributed by atoms with E-state index in [0.717, 1.165) is 12.2 Å². The van der Waals surface area contributed by atoms with Crippen LogP contribution in [0.4, 0.5) is 5.95 Å². The first-order chi connectivity index (χ1) is 7.31. The lowest BCUT2D eigenvalue weighted by molar-refractivity contribution is 0.183. The van der Waals surface area contributed by atoms with Crippen LogP contribution in [0.3, 0.4) is 0 Å². The molecule has 0 saturated carbocycles. The highest BCUT2D eigenvalue weighted by molar-refractivity contribution is 5.35. The Kier molecular flexibility index (Phi) is 2.68. The van der Waals surface area contributed by atoms with Crippen LogP contribution in [0.2, 0.25) is 0 Å². The van der Waals surface area contributed by atoms with Crippen molar-refractivity contribution in [1.82, 2.24) is 19.3 Å². The monoisotopic (exact) mass is 207 g/mol. The van der Waals surface area contributed by atoms with E-state index in [-0.39, 0.29) is 0 Å². The van der Waals surface area contributed by atoms with E-state index in [1.807, 2.05) is 6.20 Å². The lowest BCUT2D eigenvalue weighted by atomic mass is 10.5. The molecule has 0 saturated heterocycles. The van der Waals surface area contributed by atoms with Crippen molar-refractivity contribution < 1.29 is 4.74 Å². The van der Waals surface area contributed by atoms with Crippen molar-refractivity contribution in [1.29, 1.82) is 0 Å². The Hall–Kier alpha value is -1.82. The maximum absolute atomic E-state index is 5.67. The number of hydrogen-bond donors (Lipinski definition) is 1. The van der Waals surface area contributed by atoms with E-state index in [1.54, 1.807) is 34.9 Å². The van der Waals surface area contributed by atoms with Gasteiger partial charge in [0.15, 0.2) is 0 Å². The molecule has 15 heavy (non-hydrogen) atoms. The van der Waals surface area contributed by atoms with Crippen LogP contribution >= 0.6 is 0 Å². The summed E-state index contributed by atoms with van der Waals surface area (Å²) >= 11 is 0. The largest absolute Gasteiger partial charge is 0.383 e. The Balaban J connectivity index is 2.17. The van der Waals surface area contributed by atoms with E-state index in [0.29, 0.717) is 12.6 Å². The van der Waals surface area contributed by atoms with E-state index in [2.05, 4.69) is 10.1 Å². The van der Waals surface area contributed by atoms with Gasteiger partial charge in [-0.25, -0.2) is 4.98 Å². The van der Waals surface area contributed by atoms with E-state index < -0.39 is 0 Å². The molecule has 0 radical (unpaired) electrons. The molecular formula is C9H13N5O. The second-order valence-electron chi connectivity index (χ2n) is 3.11. The van der Waals surface area contributed by atoms with Gasteiger partial charge in [-0.15, -0.1) is 0 Å². The molecule has 0 unspecified atom stereocenters. The van der Waals surface area contributed by atoms with Gasteiger partial charge in [-0.1, -0.05) is 0 Å². The molecule has 2 rings (SSSR count). The third-order valence-electron chi connectivity index (χ3n) is 2.09. The van der Waals surface area contributed by atoms with E-state index in [4.69, 9.17) is 10.5 Å². The molecule has 0 aliphatic carbocycles. The number of hydrogen-bond acceptors (Lipinski definition) is 4. The van der Waals surface area contributed by atoms with Gasteiger partial charge in [-0.2, -0.15) is 5.10 Å². The number of anilines is 1. The zero-order chi connectivity index (χ0) is 10.7. The average Bonchev–Trinajstić information content (AvgIpc) is 2.83. The zero-order valence-electron chi connectivity index (χ0n) is 8.50. The third kappa shape index (κ3) is 1.99. The second-order valence-corrected chi connectivity index (χ2v) is 3.11.